The van der Waals surface area contributed by atoms with Crippen LogP contribution in [0.2, 0.25) is 0 Å². The van der Waals surface area contributed by atoms with Gasteiger partial charge in [-0.25, -0.2) is 4.98 Å². The topological polar surface area (TPSA) is 43.8 Å². The molecule has 2 aromatic rings. The summed E-state index contributed by atoms with van der Waals surface area (Å²) in [5.41, 5.74) is 12.1. The zero-order valence-corrected chi connectivity index (χ0v) is 11.8. The van der Waals surface area contributed by atoms with Gasteiger partial charge >= 0.3 is 0 Å². The number of hydrogen-bond acceptors (Lipinski definition) is 2. The lowest BCUT2D eigenvalue weighted by Crippen LogP contribution is -2.03. The maximum absolute atomic E-state index is 6.22. The average Bonchev–Trinajstić information content (AvgIpc) is 2.53. The van der Waals surface area contributed by atoms with Crippen molar-refractivity contribution < 1.29 is 0 Å². The summed E-state index contributed by atoms with van der Waals surface area (Å²) in [5, 5.41) is 0. The van der Waals surface area contributed by atoms with Crippen molar-refractivity contribution in [2.75, 3.05) is 5.73 Å². The highest BCUT2D eigenvalue weighted by Crippen LogP contribution is 2.32. The van der Waals surface area contributed by atoms with Gasteiger partial charge in [-0.3, -0.25) is 0 Å². The summed E-state index contributed by atoms with van der Waals surface area (Å²) in [6.07, 6.45) is 0. The van der Waals surface area contributed by atoms with Crippen molar-refractivity contribution in [3.8, 4) is 11.3 Å². The van der Waals surface area contributed by atoms with E-state index in [-0.39, 0.29) is 0 Å². The number of rotatable bonds is 2. The highest BCUT2D eigenvalue weighted by molar-refractivity contribution is 5.76. The van der Waals surface area contributed by atoms with Crippen LogP contribution in [0.4, 0.5) is 5.82 Å². The maximum atomic E-state index is 6.22. The molecule has 0 saturated carbocycles. The van der Waals surface area contributed by atoms with Crippen LogP contribution in [0.25, 0.3) is 11.3 Å². The fourth-order valence-electron chi connectivity index (χ4n) is 2.72. The third-order valence-electron chi connectivity index (χ3n) is 3.43. The Balaban J connectivity index is 2.70. The van der Waals surface area contributed by atoms with Crippen molar-refractivity contribution in [1.29, 1.82) is 0 Å². The van der Waals surface area contributed by atoms with Gasteiger partial charge in [0, 0.05) is 12.1 Å². The summed E-state index contributed by atoms with van der Waals surface area (Å²) in [4.78, 5) is 4.64. The van der Waals surface area contributed by atoms with Crippen molar-refractivity contribution in [2.45, 2.75) is 41.2 Å². The molecule has 0 aliphatic heterocycles. The molecule has 0 amide bonds. The lowest BCUT2D eigenvalue weighted by Gasteiger charge is -2.10. The zero-order valence-electron chi connectivity index (χ0n) is 11.8. The number of nitrogens with two attached hydrogens (primary N) is 1. The maximum Gasteiger partial charge on any atom is 0.131 e. The quantitative estimate of drug-likeness (QED) is 0.878. The fraction of sp³-hybridized carbons (Fsp3) is 0.400. The molecule has 0 aliphatic carbocycles. The molecule has 0 unspecified atom stereocenters. The molecule has 0 radical (unpaired) electrons. The van der Waals surface area contributed by atoms with Crippen molar-refractivity contribution >= 4 is 5.82 Å². The number of anilines is 1. The second kappa shape index (κ2) is 4.48. The monoisotopic (exact) mass is 243 g/mol. The van der Waals surface area contributed by atoms with Gasteiger partial charge in [0.05, 0.1) is 0 Å². The van der Waals surface area contributed by atoms with Crippen LogP contribution in [0, 0.1) is 27.7 Å². The highest BCUT2D eigenvalue weighted by Gasteiger charge is 2.16. The van der Waals surface area contributed by atoms with Crippen LogP contribution >= 0.6 is 0 Å². The Hall–Kier alpha value is -1.77. The lowest BCUT2D eigenvalue weighted by molar-refractivity contribution is 0.739. The molecular formula is C15H21N3. The fourth-order valence-corrected chi connectivity index (χ4v) is 2.72. The molecule has 0 spiro atoms. The molecule has 0 aliphatic rings. The molecule has 96 valence electrons. The molecule has 18 heavy (non-hydrogen) atoms. The number of nitrogens with zero attached hydrogens (tertiary/aromatic N) is 2. The molecule has 2 rings (SSSR count). The van der Waals surface area contributed by atoms with Gasteiger partial charge in [-0.2, -0.15) is 0 Å². The molecule has 1 heterocycles. The lowest BCUT2D eigenvalue weighted by atomic mass is 9.97. The highest BCUT2D eigenvalue weighted by atomic mass is 15.1. The summed E-state index contributed by atoms with van der Waals surface area (Å²) in [6.45, 7) is 11.3. The van der Waals surface area contributed by atoms with Gasteiger partial charge in [-0.15, -0.1) is 0 Å². The van der Waals surface area contributed by atoms with Crippen molar-refractivity contribution in [2.24, 2.45) is 0 Å². The zero-order chi connectivity index (χ0) is 13.4. The third kappa shape index (κ3) is 1.90. The first kappa shape index (κ1) is 12.7. The van der Waals surface area contributed by atoms with Crippen LogP contribution < -0.4 is 5.73 Å². The van der Waals surface area contributed by atoms with Gasteiger partial charge in [0.25, 0.3) is 0 Å². The molecular weight excluding hydrogens is 222 g/mol. The minimum Gasteiger partial charge on any atom is -0.383 e. The summed E-state index contributed by atoms with van der Waals surface area (Å²) >= 11 is 0. The van der Waals surface area contributed by atoms with Gasteiger partial charge in [0.15, 0.2) is 0 Å². The molecule has 0 bridgehead atoms. The number of hydrogen-bond donors (Lipinski definition) is 1. The normalized spacial score (nSPS) is 10.9. The van der Waals surface area contributed by atoms with E-state index in [1.54, 1.807) is 0 Å². The van der Waals surface area contributed by atoms with E-state index >= 15 is 0 Å². The van der Waals surface area contributed by atoms with Crippen LogP contribution in [0.5, 0.6) is 0 Å². The predicted octanol–water partition coefficient (Wildman–Crippen LogP) is 3.39. The first-order chi connectivity index (χ1) is 8.45. The van der Waals surface area contributed by atoms with Gasteiger partial charge in [-0.05, 0) is 45.7 Å². The number of aryl methyl sites for hydroxylation is 4. The standard InChI is InChI=1S/C15H21N3/c1-6-18-12(5)17-14(15(18)16)13-10(3)7-9(2)8-11(13)4/h7-8H,6,16H2,1-5H3. The number of nitrogen functional groups attached to an aromatic ring is 1. The molecule has 0 saturated heterocycles. The van der Waals surface area contributed by atoms with E-state index in [2.05, 4.69) is 44.8 Å². The van der Waals surface area contributed by atoms with E-state index in [0.717, 1.165) is 23.9 Å². The second-order valence-electron chi connectivity index (χ2n) is 4.91. The Morgan fingerprint density at radius 1 is 1.11 bits per heavy atom. The molecule has 2 N–H and O–H groups in total. The van der Waals surface area contributed by atoms with Crippen LogP contribution in [0.1, 0.15) is 29.4 Å². The molecule has 1 aromatic heterocycles. The van der Waals surface area contributed by atoms with E-state index in [9.17, 15) is 0 Å². The number of imidazole rings is 1. The smallest absolute Gasteiger partial charge is 0.131 e. The van der Waals surface area contributed by atoms with Crippen LogP contribution in [-0.2, 0) is 6.54 Å². The molecule has 0 atom stereocenters. The minimum atomic E-state index is 0.769. The molecule has 1 aromatic carbocycles. The van der Waals surface area contributed by atoms with Gasteiger partial charge in [-0.1, -0.05) is 17.7 Å². The Morgan fingerprint density at radius 3 is 2.11 bits per heavy atom. The van der Waals surface area contributed by atoms with Crippen LogP contribution in [-0.4, -0.2) is 9.55 Å². The van der Waals surface area contributed by atoms with Crippen LogP contribution in [0.15, 0.2) is 12.1 Å². The number of benzene rings is 1. The van der Waals surface area contributed by atoms with Gasteiger partial charge < -0.3 is 10.3 Å². The van der Waals surface area contributed by atoms with Gasteiger partial charge in [0.1, 0.15) is 17.3 Å². The van der Waals surface area contributed by atoms with E-state index in [1.807, 2.05) is 11.5 Å². The first-order valence-electron chi connectivity index (χ1n) is 6.36. The summed E-state index contributed by atoms with van der Waals surface area (Å²) < 4.78 is 2.05. The number of aromatic nitrogens is 2. The SMILES string of the molecule is CCn1c(C)nc(-c2c(C)cc(C)cc2C)c1N. The summed E-state index contributed by atoms with van der Waals surface area (Å²) in [6, 6.07) is 4.37. The van der Waals surface area contributed by atoms with Crippen molar-refractivity contribution in [3.05, 3.63) is 34.6 Å². The molecule has 3 heteroatoms. The second-order valence-corrected chi connectivity index (χ2v) is 4.91. The third-order valence-corrected chi connectivity index (χ3v) is 3.43. The van der Waals surface area contributed by atoms with E-state index in [1.165, 1.54) is 22.3 Å². The Kier molecular flexibility index (Phi) is 3.16. The largest absolute Gasteiger partial charge is 0.383 e. The predicted molar refractivity (Wildman–Crippen MR) is 76.7 cm³/mol. The van der Waals surface area contributed by atoms with E-state index < -0.39 is 0 Å². The average molecular weight is 243 g/mol. The van der Waals surface area contributed by atoms with Gasteiger partial charge in [0.2, 0.25) is 0 Å². The van der Waals surface area contributed by atoms with E-state index in [0.29, 0.717) is 0 Å². The van der Waals surface area contributed by atoms with Crippen LogP contribution in [0.3, 0.4) is 0 Å². The Morgan fingerprint density at radius 2 is 1.67 bits per heavy atom. The Bertz CT molecular complexity index is 571. The minimum absolute atomic E-state index is 0.769. The molecule has 3 nitrogen and oxygen atoms in total. The summed E-state index contributed by atoms with van der Waals surface area (Å²) in [7, 11) is 0. The van der Waals surface area contributed by atoms with Crippen molar-refractivity contribution in [1.82, 2.24) is 9.55 Å². The van der Waals surface area contributed by atoms with Crippen molar-refractivity contribution in [3.63, 3.8) is 0 Å². The Labute approximate surface area is 109 Å². The van der Waals surface area contributed by atoms with E-state index in [4.69, 9.17) is 5.73 Å². The summed E-state index contributed by atoms with van der Waals surface area (Å²) in [5.74, 6) is 1.74. The molecule has 0 fully saturated rings. The first-order valence-corrected chi connectivity index (χ1v) is 6.36.